The summed E-state index contributed by atoms with van der Waals surface area (Å²) in [6, 6.07) is 9.76. The quantitative estimate of drug-likeness (QED) is 0.847. The minimum atomic E-state index is 0.398. The van der Waals surface area contributed by atoms with Gasteiger partial charge in [0.2, 0.25) is 0 Å². The largest absolute Gasteiger partial charge is 0.467 e. The molecule has 2 heterocycles. The van der Waals surface area contributed by atoms with Crippen LogP contribution >= 0.6 is 0 Å². The summed E-state index contributed by atoms with van der Waals surface area (Å²) >= 11 is 0. The van der Waals surface area contributed by atoms with Crippen LogP contribution < -0.4 is 4.74 Å². The van der Waals surface area contributed by atoms with Crippen molar-refractivity contribution in [1.82, 2.24) is 19.8 Å². The lowest BCUT2D eigenvalue weighted by Gasteiger charge is -2.20. The monoisotopic (exact) mass is 312 g/mol. The zero-order valence-corrected chi connectivity index (χ0v) is 14.1. The van der Waals surface area contributed by atoms with Crippen LogP contribution in [0, 0.1) is 0 Å². The fraction of sp³-hybridized carbons (Fsp3) is 0.444. The Bertz CT molecular complexity index is 624. The molecular weight excluding hydrogens is 288 g/mol. The van der Waals surface area contributed by atoms with Gasteiger partial charge in [0.05, 0.1) is 7.11 Å². The van der Waals surface area contributed by atoms with Gasteiger partial charge in [0, 0.05) is 43.6 Å². The van der Waals surface area contributed by atoms with Gasteiger partial charge in [-0.1, -0.05) is 24.3 Å². The fourth-order valence-corrected chi connectivity index (χ4v) is 3.01. The lowest BCUT2D eigenvalue weighted by Crippen LogP contribution is -2.31. The van der Waals surface area contributed by atoms with E-state index >= 15 is 0 Å². The summed E-state index contributed by atoms with van der Waals surface area (Å²) in [6.07, 6.45) is 4.85. The predicted molar refractivity (Wildman–Crippen MR) is 91.4 cm³/mol. The molecule has 5 heteroatoms. The van der Waals surface area contributed by atoms with Crippen molar-refractivity contribution < 1.29 is 4.74 Å². The molecule has 5 nitrogen and oxygen atoms in total. The molecule has 1 aromatic heterocycles. The van der Waals surface area contributed by atoms with Crippen molar-refractivity contribution in [3.63, 3.8) is 0 Å². The summed E-state index contributed by atoms with van der Waals surface area (Å²) in [4.78, 5) is 13.2. The lowest BCUT2D eigenvalue weighted by molar-refractivity contribution is 0.264. The summed E-state index contributed by atoms with van der Waals surface area (Å²) in [5.74, 6) is 0. The first-order valence-electron chi connectivity index (χ1n) is 8.00. The van der Waals surface area contributed by atoms with Crippen molar-refractivity contribution in [2.45, 2.75) is 19.0 Å². The SMILES string of the molecule is COc1ncc(-c2ccc(CN3CCC(N(C)C)C3)cc2)cn1. The average molecular weight is 312 g/mol. The maximum absolute atomic E-state index is 4.99. The zero-order chi connectivity index (χ0) is 16.2. The molecule has 0 radical (unpaired) electrons. The van der Waals surface area contributed by atoms with Crippen LogP contribution in [0.25, 0.3) is 11.1 Å². The molecule has 0 aliphatic carbocycles. The second kappa shape index (κ2) is 7.06. The molecule has 0 saturated carbocycles. The van der Waals surface area contributed by atoms with Crippen LogP contribution in [0.4, 0.5) is 0 Å². The maximum atomic E-state index is 4.99. The molecule has 1 fully saturated rings. The van der Waals surface area contributed by atoms with Crippen molar-refractivity contribution in [3.8, 4) is 17.1 Å². The van der Waals surface area contributed by atoms with E-state index in [4.69, 9.17) is 4.74 Å². The van der Waals surface area contributed by atoms with Gasteiger partial charge in [0.1, 0.15) is 0 Å². The number of likely N-dealkylation sites (tertiary alicyclic amines) is 1. The summed E-state index contributed by atoms with van der Waals surface area (Å²) in [5.41, 5.74) is 3.48. The van der Waals surface area contributed by atoms with Gasteiger partial charge in [-0.05, 0) is 31.6 Å². The van der Waals surface area contributed by atoms with E-state index in [0.717, 1.165) is 24.2 Å². The maximum Gasteiger partial charge on any atom is 0.316 e. The highest BCUT2D eigenvalue weighted by Crippen LogP contribution is 2.21. The number of methoxy groups -OCH3 is 1. The highest BCUT2D eigenvalue weighted by Gasteiger charge is 2.23. The predicted octanol–water partition coefficient (Wildman–Crippen LogP) is 2.29. The molecule has 2 aromatic rings. The zero-order valence-electron chi connectivity index (χ0n) is 14.1. The normalized spacial score (nSPS) is 18.5. The summed E-state index contributed by atoms with van der Waals surface area (Å²) in [5, 5.41) is 0. The fourth-order valence-electron chi connectivity index (χ4n) is 3.01. The number of nitrogens with zero attached hydrogens (tertiary/aromatic N) is 4. The molecule has 0 N–H and O–H groups in total. The lowest BCUT2D eigenvalue weighted by atomic mass is 10.1. The van der Waals surface area contributed by atoms with E-state index < -0.39 is 0 Å². The Hall–Kier alpha value is -1.98. The molecule has 1 aliphatic heterocycles. The standard InChI is InChI=1S/C18H24N4O/c1-21(2)17-8-9-22(13-17)12-14-4-6-15(7-5-14)16-10-19-18(23-3)20-11-16/h4-7,10-11,17H,8-9,12-13H2,1-3H3. The molecule has 23 heavy (non-hydrogen) atoms. The molecule has 3 rings (SSSR count). The smallest absolute Gasteiger partial charge is 0.316 e. The van der Waals surface area contributed by atoms with Gasteiger partial charge < -0.3 is 9.64 Å². The number of ether oxygens (including phenoxy) is 1. The van der Waals surface area contributed by atoms with Crippen LogP contribution in [0.3, 0.4) is 0 Å². The van der Waals surface area contributed by atoms with E-state index in [9.17, 15) is 0 Å². The molecule has 1 saturated heterocycles. The van der Waals surface area contributed by atoms with Gasteiger partial charge in [0.15, 0.2) is 0 Å². The van der Waals surface area contributed by atoms with Gasteiger partial charge in [-0.3, -0.25) is 4.90 Å². The third kappa shape index (κ3) is 3.86. The van der Waals surface area contributed by atoms with E-state index in [1.807, 2.05) is 0 Å². The van der Waals surface area contributed by atoms with Crippen LogP contribution in [-0.4, -0.2) is 60.1 Å². The molecule has 1 aliphatic rings. The third-order valence-corrected chi connectivity index (χ3v) is 4.48. The molecule has 0 amide bonds. The molecular formula is C18H24N4O. The van der Waals surface area contributed by atoms with E-state index in [-0.39, 0.29) is 0 Å². The van der Waals surface area contributed by atoms with Crippen molar-refractivity contribution in [2.75, 3.05) is 34.3 Å². The number of hydrogen-bond donors (Lipinski definition) is 0. The molecule has 122 valence electrons. The Labute approximate surface area is 137 Å². The molecule has 1 atom stereocenters. The second-order valence-corrected chi connectivity index (χ2v) is 6.30. The molecule has 1 aromatic carbocycles. The van der Waals surface area contributed by atoms with Crippen LogP contribution in [0.2, 0.25) is 0 Å². The van der Waals surface area contributed by atoms with Crippen molar-refractivity contribution in [2.24, 2.45) is 0 Å². The summed E-state index contributed by atoms with van der Waals surface area (Å²) in [6.45, 7) is 3.35. The number of aromatic nitrogens is 2. The highest BCUT2D eigenvalue weighted by atomic mass is 16.5. The number of rotatable bonds is 5. The molecule has 0 bridgehead atoms. The summed E-state index contributed by atoms with van der Waals surface area (Å²) < 4.78 is 4.99. The van der Waals surface area contributed by atoms with Crippen LogP contribution in [-0.2, 0) is 6.54 Å². The Kier molecular flexibility index (Phi) is 4.88. The van der Waals surface area contributed by atoms with Gasteiger partial charge in [-0.2, -0.15) is 0 Å². The average Bonchev–Trinajstić information content (AvgIpc) is 3.04. The number of benzene rings is 1. The summed E-state index contributed by atoms with van der Waals surface area (Å²) in [7, 11) is 5.91. The van der Waals surface area contributed by atoms with Crippen molar-refractivity contribution in [1.29, 1.82) is 0 Å². The second-order valence-electron chi connectivity index (χ2n) is 6.30. The van der Waals surface area contributed by atoms with Crippen molar-refractivity contribution in [3.05, 3.63) is 42.2 Å². The molecule has 1 unspecified atom stereocenters. The van der Waals surface area contributed by atoms with E-state index in [2.05, 4.69) is 58.1 Å². The van der Waals surface area contributed by atoms with Gasteiger partial charge in [-0.25, -0.2) is 9.97 Å². The van der Waals surface area contributed by atoms with Crippen molar-refractivity contribution >= 4 is 0 Å². The van der Waals surface area contributed by atoms with Gasteiger partial charge in [-0.15, -0.1) is 0 Å². The minimum Gasteiger partial charge on any atom is -0.467 e. The third-order valence-electron chi connectivity index (χ3n) is 4.48. The number of likely N-dealkylation sites (N-methyl/N-ethyl adjacent to an activating group) is 1. The Morgan fingerprint density at radius 1 is 1.13 bits per heavy atom. The number of hydrogen-bond acceptors (Lipinski definition) is 5. The van der Waals surface area contributed by atoms with E-state index in [1.54, 1.807) is 19.5 Å². The Morgan fingerprint density at radius 2 is 1.83 bits per heavy atom. The van der Waals surface area contributed by atoms with Crippen LogP contribution in [0.15, 0.2) is 36.7 Å². The van der Waals surface area contributed by atoms with Crippen LogP contribution in [0.5, 0.6) is 6.01 Å². The van der Waals surface area contributed by atoms with Gasteiger partial charge in [0.25, 0.3) is 0 Å². The Morgan fingerprint density at radius 3 is 2.39 bits per heavy atom. The molecule has 0 spiro atoms. The van der Waals surface area contributed by atoms with E-state index in [0.29, 0.717) is 12.1 Å². The van der Waals surface area contributed by atoms with Gasteiger partial charge >= 0.3 is 6.01 Å². The van der Waals surface area contributed by atoms with E-state index in [1.165, 1.54) is 18.5 Å². The first-order valence-corrected chi connectivity index (χ1v) is 8.00. The van der Waals surface area contributed by atoms with Crippen LogP contribution in [0.1, 0.15) is 12.0 Å². The first kappa shape index (κ1) is 15.9. The highest BCUT2D eigenvalue weighted by molar-refractivity contribution is 5.61. The Balaban J connectivity index is 1.63. The minimum absolute atomic E-state index is 0.398. The topological polar surface area (TPSA) is 41.5 Å². The first-order chi connectivity index (χ1) is 11.2.